The van der Waals surface area contributed by atoms with E-state index in [1.54, 1.807) is 6.07 Å². The Morgan fingerprint density at radius 3 is 2.86 bits per heavy atom. The number of carbonyl (C=O) groups is 1. The summed E-state index contributed by atoms with van der Waals surface area (Å²) in [7, 11) is 1.45. The lowest BCUT2D eigenvalue weighted by Gasteiger charge is -2.10. The Kier molecular flexibility index (Phi) is 3.77. The van der Waals surface area contributed by atoms with Gasteiger partial charge in [-0.2, -0.15) is 0 Å². The van der Waals surface area contributed by atoms with Gasteiger partial charge in [-0.15, -0.1) is 0 Å². The lowest BCUT2D eigenvalue weighted by atomic mass is 10.1. The number of aromatic hydroxyl groups is 1. The van der Waals surface area contributed by atoms with Crippen molar-refractivity contribution < 1.29 is 14.6 Å². The van der Waals surface area contributed by atoms with Gasteiger partial charge in [0.25, 0.3) is 0 Å². The van der Waals surface area contributed by atoms with E-state index in [0.29, 0.717) is 29.2 Å². The van der Waals surface area contributed by atoms with Gasteiger partial charge in [0, 0.05) is 17.0 Å². The number of hydrogen-bond acceptors (Lipinski definition) is 3. The Labute approximate surface area is 87.3 Å². The molecule has 0 aliphatic carbocycles. The molecule has 1 aromatic carbocycles. The zero-order valence-electron chi connectivity index (χ0n) is 7.79. The zero-order valence-corrected chi connectivity index (χ0v) is 8.54. The maximum Gasteiger partial charge on any atom is 0.165 e. The van der Waals surface area contributed by atoms with E-state index in [1.165, 1.54) is 13.2 Å². The van der Waals surface area contributed by atoms with Crippen LogP contribution in [-0.2, 0) is 11.2 Å². The first-order valence-corrected chi connectivity index (χ1v) is 4.56. The molecule has 0 aromatic heterocycles. The van der Waals surface area contributed by atoms with Gasteiger partial charge in [0.2, 0.25) is 0 Å². The summed E-state index contributed by atoms with van der Waals surface area (Å²) in [6.45, 7) is 0. The fourth-order valence-corrected chi connectivity index (χ4v) is 1.50. The largest absolute Gasteiger partial charge is 0.504 e. The first-order chi connectivity index (χ1) is 6.70. The van der Waals surface area contributed by atoms with Crippen molar-refractivity contribution in [2.75, 3.05) is 7.11 Å². The first kappa shape index (κ1) is 10.9. The lowest BCUT2D eigenvalue weighted by Crippen LogP contribution is -1.94. The van der Waals surface area contributed by atoms with Gasteiger partial charge in [0.15, 0.2) is 11.5 Å². The van der Waals surface area contributed by atoms with Crippen LogP contribution < -0.4 is 4.74 Å². The van der Waals surface area contributed by atoms with E-state index in [9.17, 15) is 9.90 Å². The lowest BCUT2D eigenvalue weighted by molar-refractivity contribution is -0.107. The van der Waals surface area contributed by atoms with Crippen LogP contribution in [0.5, 0.6) is 11.5 Å². The number of rotatable bonds is 4. The molecule has 0 amide bonds. The van der Waals surface area contributed by atoms with Crippen LogP contribution >= 0.6 is 11.6 Å². The summed E-state index contributed by atoms with van der Waals surface area (Å²) in [6, 6.07) is 3.05. The molecule has 0 saturated heterocycles. The molecule has 0 saturated carbocycles. The summed E-state index contributed by atoms with van der Waals surface area (Å²) in [6.07, 6.45) is 1.64. The molecule has 0 heterocycles. The standard InChI is InChI=1S/C10H11ClO3/c1-14-10-7(3-2-6-12)8(11)4-5-9(10)13/h4-6,13H,2-3H2,1H3. The van der Waals surface area contributed by atoms with Crippen LogP contribution in [0.1, 0.15) is 12.0 Å². The van der Waals surface area contributed by atoms with Gasteiger partial charge in [0.1, 0.15) is 6.29 Å². The minimum atomic E-state index is 0.0396. The Balaban J connectivity index is 3.08. The van der Waals surface area contributed by atoms with Crippen LogP contribution in [0.3, 0.4) is 0 Å². The SMILES string of the molecule is COc1c(O)ccc(Cl)c1CCC=O. The van der Waals surface area contributed by atoms with Gasteiger partial charge < -0.3 is 14.6 Å². The van der Waals surface area contributed by atoms with Crippen molar-refractivity contribution in [3.63, 3.8) is 0 Å². The van der Waals surface area contributed by atoms with Crippen LogP contribution in [0, 0.1) is 0 Å². The predicted octanol–water partition coefficient (Wildman–Crippen LogP) is 2.19. The fourth-order valence-electron chi connectivity index (χ4n) is 1.26. The second-order valence-electron chi connectivity index (χ2n) is 2.78. The van der Waals surface area contributed by atoms with Gasteiger partial charge in [0.05, 0.1) is 7.11 Å². The molecule has 3 nitrogen and oxygen atoms in total. The molecule has 0 atom stereocenters. The number of carbonyl (C=O) groups excluding carboxylic acids is 1. The van der Waals surface area contributed by atoms with Gasteiger partial charge in [-0.3, -0.25) is 0 Å². The molecular weight excluding hydrogens is 204 g/mol. The van der Waals surface area contributed by atoms with E-state index in [0.717, 1.165) is 6.29 Å². The highest BCUT2D eigenvalue weighted by Crippen LogP contribution is 2.35. The van der Waals surface area contributed by atoms with Crippen molar-refractivity contribution >= 4 is 17.9 Å². The van der Waals surface area contributed by atoms with Crippen molar-refractivity contribution in [2.24, 2.45) is 0 Å². The quantitative estimate of drug-likeness (QED) is 0.782. The van der Waals surface area contributed by atoms with E-state index < -0.39 is 0 Å². The highest BCUT2D eigenvalue weighted by Gasteiger charge is 2.11. The van der Waals surface area contributed by atoms with Crippen molar-refractivity contribution in [1.29, 1.82) is 0 Å². The zero-order chi connectivity index (χ0) is 10.6. The Morgan fingerprint density at radius 1 is 1.57 bits per heavy atom. The molecule has 0 aliphatic rings. The summed E-state index contributed by atoms with van der Waals surface area (Å²) in [5.74, 6) is 0.386. The average Bonchev–Trinajstić information content (AvgIpc) is 2.19. The summed E-state index contributed by atoms with van der Waals surface area (Å²) >= 11 is 5.91. The minimum absolute atomic E-state index is 0.0396. The predicted molar refractivity (Wildman–Crippen MR) is 54.1 cm³/mol. The van der Waals surface area contributed by atoms with E-state index in [-0.39, 0.29) is 5.75 Å². The molecule has 0 spiro atoms. The number of hydrogen-bond donors (Lipinski definition) is 1. The van der Waals surface area contributed by atoms with Crippen LogP contribution in [0.15, 0.2) is 12.1 Å². The van der Waals surface area contributed by atoms with Crippen LogP contribution in [0.4, 0.5) is 0 Å². The summed E-state index contributed by atoms with van der Waals surface area (Å²) in [5.41, 5.74) is 0.668. The molecule has 1 rings (SSSR count). The smallest absolute Gasteiger partial charge is 0.165 e. The van der Waals surface area contributed by atoms with Crippen LogP contribution in [0.2, 0.25) is 5.02 Å². The highest BCUT2D eigenvalue weighted by atomic mass is 35.5. The van der Waals surface area contributed by atoms with Gasteiger partial charge in [-0.1, -0.05) is 11.6 Å². The average molecular weight is 215 g/mol. The fraction of sp³-hybridized carbons (Fsp3) is 0.300. The molecule has 4 heteroatoms. The number of phenols is 1. The number of phenolic OH excluding ortho intramolecular Hbond substituents is 1. The van der Waals surface area contributed by atoms with Gasteiger partial charge >= 0.3 is 0 Å². The minimum Gasteiger partial charge on any atom is -0.504 e. The first-order valence-electron chi connectivity index (χ1n) is 4.18. The van der Waals surface area contributed by atoms with Crippen molar-refractivity contribution in [1.82, 2.24) is 0 Å². The number of methoxy groups -OCH3 is 1. The van der Waals surface area contributed by atoms with E-state index >= 15 is 0 Å². The normalized spacial score (nSPS) is 9.86. The Morgan fingerprint density at radius 2 is 2.29 bits per heavy atom. The van der Waals surface area contributed by atoms with E-state index in [1.807, 2.05) is 0 Å². The van der Waals surface area contributed by atoms with Gasteiger partial charge in [-0.05, 0) is 18.6 Å². The second kappa shape index (κ2) is 4.86. The summed E-state index contributed by atoms with van der Waals surface area (Å²) < 4.78 is 5.00. The van der Waals surface area contributed by atoms with E-state index in [2.05, 4.69) is 0 Å². The number of halogens is 1. The van der Waals surface area contributed by atoms with Gasteiger partial charge in [-0.25, -0.2) is 0 Å². The van der Waals surface area contributed by atoms with Crippen LogP contribution in [0.25, 0.3) is 0 Å². The molecule has 76 valence electrons. The highest BCUT2D eigenvalue weighted by molar-refractivity contribution is 6.31. The van der Waals surface area contributed by atoms with Crippen LogP contribution in [-0.4, -0.2) is 18.5 Å². The molecule has 1 aromatic rings. The molecule has 0 radical (unpaired) electrons. The van der Waals surface area contributed by atoms with Crippen molar-refractivity contribution in [2.45, 2.75) is 12.8 Å². The summed E-state index contributed by atoms with van der Waals surface area (Å²) in [5, 5.41) is 9.94. The molecule has 0 bridgehead atoms. The summed E-state index contributed by atoms with van der Waals surface area (Å²) in [4.78, 5) is 10.2. The third-order valence-electron chi connectivity index (χ3n) is 1.90. The Bertz CT molecular complexity index is 336. The van der Waals surface area contributed by atoms with E-state index in [4.69, 9.17) is 16.3 Å². The molecule has 14 heavy (non-hydrogen) atoms. The maximum absolute atomic E-state index is 10.2. The third kappa shape index (κ3) is 2.17. The monoisotopic (exact) mass is 214 g/mol. The Hall–Kier alpha value is -1.22. The van der Waals surface area contributed by atoms with Crippen molar-refractivity contribution in [3.8, 4) is 11.5 Å². The second-order valence-corrected chi connectivity index (χ2v) is 3.19. The molecule has 1 N–H and O–H groups in total. The molecule has 0 aliphatic heterocycles. The number of benzene rings is 1. The third-order valence-corrected chi connectivity index (χ3v) is 2.25. The van der Waals surface area contributed by atoms with Crippen molar-refractivity contribution in [3.05, 3.63) is 22.7 Å². The topological polar surface area (TPSA) is 46.5 Å². The molecule has 0 unspecified atom stereocenters. The molecular formula is C10H11ClO3. The molecule has 0 fully saturated rings. The maximum atomic E-state index is 10.2. The number of ether oxygens (including phenoxy) is 1. The number of aldehydes is 1.